The molecule has 3 aromatic heterocycles. The van der Waals surface area contributed by atoms with E-state index in [1.54, 1.807) is 35.0 Å². The van der Waals surface area contributed by atoms with Gasteiger partial charge in [0.1, 0.15) is 0 Å². The normalized spacial score (nSPS) is 11.2. The van der Waals surface area contributed by atoms with Gasteiger partial charge in [0.15, 0.2) is 28.8 Å². The van der Waals surface area contributed by atoms with Crippen molar-refractivity contribution >= 4 is 40.5 Å². The number of fused-ring (bicyclic) bond motifs is 1. The summed E-state index contributed by atoms with van der Waals surface area (Å²) in [4.78, 5) is 23.7. The van der Waals surface area contributed by atoms with Crippen molar-refractivity contribution in [2.45, 2.75) is 13.1 Å². The lowest BCUT2D eigenvalue weighted by Gasteiger charge is -2.11. The fraction of sp³-hybridized carbons (Fsp3) is 0.154. The highest BCUT2D eigenvalue weighted by Crippen LogP contribution is 2.21. The lowest BCUT2D eigenvalue weighted by atomic mass is 10.1. The predicted molar refractivity (Wildman–Crippen MR) is 146 cm³/mol. The topological polar surface area (TPSA) is 139 Å². The summed E-state index contributed by atoms with van der Waals surface area (Å²) in [7, 11) is 4.03. The summed E-state index contributed by atoms with van der Waals surface area (Å²) in [6, 6.07) is 18.8. The summed E-state index contributed by atoms with van der Waals surface area (Å²) in [5.74, 6) is 0.549. The molecule has 1 amide bonds. The predicted octanol–water partition coefficient (Wildman–Crippen LogP) is 3.55. The standard InChI is InChI=1S/C26H25ClN10O/c1-36(2)15-16-6-8-17(9-7-16)20-13-29-25(28)24(32-20)26(38)30-14-23-34-33-22-11-10-21(35-37(22)23)31-19-5-3-4-18(27)12-19/h3-13H,14-15H2,1-2H3,(H2,28,29)(H,30,38)(H,31,35). The molecule has 5 rings (SSSR count). The molecule has 11 nitrogen and oxygen atoms in total. The summed E-state index contributed by atoms with van der Waals surface area (Å²) >= 11 is 6.07. The van der Waals surface area contributed by atoms with Crippen LogP contribution in [-0.4, -0.2) is 54.7 Å². The first-order valence-electron chi connectivity index (χ1n) is 11.7. The Balaban J connectivity index is 1.31. The van der Waals surface area contributed by atoms with E-state index in [-0.39, 0.29) is 18.1 Å². The molecule has 0 unspecified atom stereocenters. The van der Waals surface area contributed by atoms with Crippen LogP contribution in [-0.2, 0) is 13.1 Å². The Labute approximate surface area is 223 Å². The zero-order chi connectivity index (χ0) is 26.6. The minimum Gasteiger partial charge on any atom is -0.382 e. The highest BCUT2D eigenvalue weighted by molar-refractivity contribution is 6.30. The van der Waals surface area contributed by atoms with Crippen molar-refractivity contribution in [2.75, 3.05) is 25.1 Å². The van der Waals surface area contributed by atoms with E-state index < -0.39 is 5.91 Å². The van der Waals surface area contributed by atoms with Crippen LogP contribution < -0.4 is 16.4 Å². The van der Waals surface area contributed by atoms with Gasteiger partial charge in [-0.2, -0.15) is 4.52 Å². The number of amides is 1. The van der Waals surface area contributed by atoms with E-state index in [0.717, 1.165) is 17.8 Å². The molecule has 192 valence electrons. The van der Waals surface area contributed by atoms with Crippen LogP contribution in [0.5, 0.6) is 0 Å². The molecule has 0 spiro atoms. The van der Waals surface area contributed by atoms with Gasteiger partial charge in [0, 0.05) is 22.8 Å². The number of carbonyl (C=O) groups excluding carboxylic acids is 1. The van der Waals surface area contributed by atoms with Crippen LogP contribution in [0.15, 0.2) is 66.9 Å². The zero-order valence-corrected chi connectivity index (χ0v) is 21.5. The second-order valence-corrected chi connectivity index (χ2v) is 9.28. The van der Waals surface area contributed by atoms with E-state index in [0.29, 0.717) is 28.0 Å². The third-order valence-corrected chi connectivity index (χ3v) is 5.83. The maximum Gasteiger partial charge on any atom is 0.274 e. The highest BCUT2D eigenvalue weighted by Gasteiger charge is 2.16. The third-order valence-electron chi connectivity index (χ3n) is 5.60. The van der Waals surface area contributed by atoms with Crippen molar-refractivity contribution in [2.24, 2.45) is 0 Å². The summed E-state index contributed by atoms with van der Waals surface area (Å²) in [5, 5.41) is 19.4. The number of aromatic nitrogens is 6. The summed E-state index contributed by atoms with van der Waals surface area (Å²) in [6.07, 6.45) is 1.55. The Bertz CT molecular complexity index is 1600. The quantitative estimate of drug-likeness (QED) is 0.276. The number of halogens is 1. The first-order valence-corrected chi connectivity index (χ1v) is 12.1. The molecule has 4 N–H and O–H groups in total. The first kappa shape index (κ1) is 25.1. The molecule has 0 atom stereocenters. The molecule has 0 fully saturated rings. The number of anilines is 3. The molecule has 3 heterocycles. The van der Waals surface area contributed by atoms with Crippen molar-refractivity contribution < 1.29 is 4.79 Å². The van der Waals surface area contributed by atoms with Gasteiger partial charge >= 0.3 is 0 Å². The third kappa shape index (κ3) is 5.69. The Morgan fingerprint density at radius 3 is 2.66 bits per heavy atom. The van der Waals surface area contributed by atoms with Gasteiger partial charge in [0.2, 0.25) is 0 Å². The number of nitrogen functional groups attached to an aromatic ring is 1. The molecule has 0 bridgehead atoms. The minimum absolute atomic E-state index is 0.0324. The number of nitrogens with one attached hydrogen (secondary N) is 2. The molecule has 38 heavy (non-hydrogen) atoms. The van der Waals surface area contributed by atoms with Gasteiger partial charge in [-0.15, -0.1) is 15.3 Å². The first-order chi connectivity index (χ1) is 18.4. The zero-order valence-electron chi connectivity index (χ0n) is 20.8. The lowest BCUT2D eigenvalue weighted by Crippen LogP contribution is -2.26. The van der Waals surface area contributed by atoms with E-state index in [2.05, 4.69) is 40.8 Å². The fourth-order valence-electron chi connectivity index (χ4n) is 3.82. The molecule has 0 saturated carbocycles. The highest BCUT2D eigenvalue weighted by atomic mass is 35.5. The Hall–Kier alpha value is -4.61. The molecular weight excluding hydrogens is 504 g/mol. The maximum absolute atomic E-state index is 13.0. The number of nitrogens with zero attached hydrogens (tertiary/aromatic N) is 7. The number of hydrogen-bond donors (Lipinski definition) is 3. The van der Waals surface area contributed by atoms with Crippen molar-refractivity contribution in [3.8, 4) is 11.3 Å². The van der Waals surface area contributed by atoms with E-state index in [1.165, 1.54) is 5.56 Å². The van der Waals surface area contributed by atoms with Crippen molar-refractivity contribution in [1.29, 1.82) is 0 Å². The van der Waals surface area contributed by atoms with E-state index >= 15 is 0 Å². The van der Waals surface area contributed by atoms with Gasteiger partial charge in [-0.1, -0.05) is 41.9 Å². The van der Waals surface area contributed by atoms with Gasteiger partial charge < -0.3 is 21.3 Å². The number of rotatable bonds is 8. The lowest BCUT2D eigenvalue weighted by molar-refractivity contribution is 0.0945. The van der Waals surface area contributed by atoms with Crippen LogP contribution in [0, 0.1) is 0 Å². The minimum atomic E-state index is -0.481. The molecule has 5 aromatic rings. The maximum atomic E-state index is 13.0. The molecule has 2 aromatic carbocycles. The molecular formula is C26H25ClN10O. The Kier molecular flexibility index (Phi) is 7.11. The molecule has 0 aliphatic rings. The molecule has 0 aliphatic heterocycles. The van der Waals surface area contributed by atoms with Crippen LogP contribution in [0.25, 0.3) is 16.9 Å². The average Bonchev–Trinajstić information content (AvgIpc) is 3.30. The van der Waals surface area contributed by atoms with Crippen molar-refractivity contribution in [3.63, 3.8) is 0 Å². The van der Waals surface area contributed by atoms with Gasteiger partial charge in [-0.3, -0.25) is 4.79 Å². The largest absolute Gasteiger partial charge is 0.382 e. The second kappa shape index (κ2) is 10.8. The Morgan fingerprint density at radius 2 is 1.89 bits per heavy atom. The molecule has 0 radical (unpaired) electrons. The van der Waals surface area contributed by atoms with E-state index in [1.807, 2.05) is 50.5 Å². The summed E-state index contributed by atoms with van der Waals surface area (Å²) in [6.45, 7) is 0.879. The molecule has 0 saturated heterocycles. The van der Waals surface area contributed by atoms with Gasteiger partial charge in [-0.25, -0.2) is 9.97 Å². The molecule has 12 heteroatoms. The van der Waals surface area contributed by atoms with Crippen LogP contribution >= 0.6 is 11.6 Å². The number of hydrogen-bond acceptors (Lipinski definition) is 9. The van der Waals surface area contributed by atoms with Crippen molar-refractivity contribution in [1.82, 2.24) is 40.0 Å². The van der Waals surface area contributed by atoms with Crippen LogP contribution in [0.4, 0.5) is 17.3 Å². The molecule has 0 aliphatic carbocycles. The summed E-state index contributed by atoms with van der Waals surface area (Å²) in [5.41, 5.74) is 9.89. The SMILES string of the molecule is CN(C)Cc1ccc(-c2cnc(N)c(C(=O)NCc3nnc4ccc(Nc5cccc(Cl)c5)nn34)n2)cc1. The monoisotopic (exact) mass is 528 g/mol. The average molecular weight is 529 g/mol. The van der Waals surface area contributed by atoms with Crippen molar-refractivity contribution in [3.05, 3.63) is 89.0 Å². The Morgan fingerprint density at radius 1 is 1.08 bits per heavy atom. The van der Waals surface area contributed by atoms with Gasteiger partial charge in [0.25, 0.3) is 5.91 Å². The van der Waals surface area contributed by atoms with Gasteiger partial charge in [-0.05, 0) is 50.0 Å². The van der Waals surface area contributed by atoms with Crippen LogP contribution in [0.3, 0.4) is 0 Å². The number of nitrogens with two attached hydrogens (primary N) is 1. The number of carbonyl (C=O) groups is 1. The fourth-order valence-corrected chi connectivity index (χ4v) is 4.01. The summed E-state index contributed by atoms with van der Waals surface area (Å²) < 4.78 is 1.55. The van der Waals surface area contributed by atoms with E-state index in [4.69, 9.17) is 17.3 Å². The van der Waals surface area contributed by atoms with Gasteiger partial charge in [0.05, 0.1) is 18.4 Å². The second-order valence-electron chi connectivity index (χ2n) is 8.85. The number of benzene rings is 2. The smallest absolute Gasteiger partial charge is 0.274 e. The van der Waals surface area contributed by atoms with Crippen LogP contribution in [0.2, 0.25) is 5.02 Å². The van der Waals surface area contributed by atoms with E-state index in [9.17, 15) is 4.79 Å². The van der Waals surface area contributed by atoms with Crippen LogP contribution in [0.1, 0.15) is 21.9 Å².